The molecular weight excluding hydrogens is 361 g/mol. The Bertz CT molecular complexity index is 990. The molecule has 1 atom stereocenters. The van der Waals surface area contributed by atoms with Gasteiger partial charge in [0.1, 0.15) is 17.2 Å². The molecule has 0 saturated carbocycles. The van der Waals surface area contributed by atoms with E-state index in [-0.39, 0.29) is 17.8 Å². The lowest BCUT2D eigenvalue weighted by Crippen LogP contribution is -2.33. The van der Waals surface area contributed by atoms with Crippen molar-refractivity contribution in [1.29, 1.82) is 0 Å². The summed E-state index contributed by atoms with van der Waals surface area (Å²) >= 11 is 0. The quantitative estimate of drug-likeness (QED) is 0.734. The molecule has 1 fully saturated rings. The van der Waals surface area contributed by atoms with Gasteiger partial charge >= 0.3 is 6.03 Å². The molecule has 146 valence electrons. The highest BCUT2D eigenvalue weighted by atomic mass is 19.1. The van der Waals surface area contributed by atoms with Crippen LogP contribution in [-0.2, 0) is 11.3 Å². The average Bonchev–Trinajstić information content (AvgIpc) is 3.31. The number of hydrogen-bond acceptors (Lipinski definition) is 4. The van der Waals surface area contributed by atoms with E-state index >= 15 is 0 Å². The average molecular weight is 383 g/mol. The SMILES string of the molecule is COCCn1c([C@H]2CCN(C(=O)Nc3cccc(F)c3)C2)nc2cccnc21. The van der Waals surface area contributed by atoms with Crippen LogP contribution < -0.4 is 5.32 Å². The van der Waals surface area contributed by atoms with Gasteiger partial charge in [0.2, 0.25) is 0 Å². The van der Waals surface area contributed by atoms with Crippen molar-refractivity contribution in [1.82, 2.24) is 19.4 Å². The molecule has 7 nitrogen and oxygen atoms in total. The minimum Gasteiger partial charge on any atom is -0.383 e. The largest absolute Gasteiger partial charge is 0.383 e. The number of carbonyl (C=O) groups excluding carboxylic acids is 1. The van der Waals surface area contributed by atoms with Crippen molar-refractivity contribution in [2.24, 2.45) is 0 Å². The third-order valence-electron chi connectivity index (χ3n) is 4.97. The zero-order valence-electron chi connectivity index (χ0n) is 15.6. The number of anilines is 1. The second kappa shape index (κ2) is 7.93. The molecule has 1 N–H and O–H groups in total. The van der Waals surface area contributed by atoms with Crippen molar-refractivity contribution in [3.8, 4) is 0 Å². The number of likely N-dealkylation sites (tertiary alicyclic amines) is 1. The Labute approximate surface area is 162 Å². The first kappa shape index (κ1) is 18.4. The van der Waals surface area contributed by atoms with E-state index in [1.807, 2.05) is 12.1 Å². The number of imidazole rings is 1. The van der Waals surface area contributed by atoms with Crippen LogP contribution in [0.1, 0.15) is 18.2 Å². The standard InChI is InChI=1S/C20H22FN5O2/c1-28-11-10-26-18(24-17-6-3-8-22-19(17)26)14-7-9-25(13-14)20(27)23-16-5-2-4-15(21)12-16/h2-6,8,12,14H,7,9-11,13H2,1H3,(H,23,27)/t14-/m0/s1. The summed E-state index contributed by atoms with van der Waals surface area (Å²) < 4.78 is 20.7. The minimum atomic E-state index is -0.378. The molecule has 0 aliphatic carbocycles. The van der Waals surface area contributed by atoms with Crippen molar-refractivity contribution in [3.63, 3.8) is 0 Å². The predicted molar refractivity (Wildman–Crippen MR) is 104 cm³/mol. The number of ether oxygens (including phenoxy) is 1. The Morgan fingerprint density at radius 1 is 1.36 bits per heavy atom. The highest BCUT2D eigenvalue weighted by Gasteiger charge is 2.31. The van der Waals surface area contributed by atoms with Crippen molar-refractivity contribution in [3.05, 3.63) is 54.2 Å². The fourth-order valence-electron chi connectivity index (χ4n) is 3.61. The molecule has 0 spiro atoms. The van der Waals surface area contributed by atoms with Crippen LogP contribution in [0.4, 0.5) is 14.9 Å². The summed E-state index contributed by atoms with van der Waals surface area (Å²) in [5.74, 6) is 0.660. The summed E-state index contributed by atoms with van der Waals surface area (Å²) in [6.45, 7) is 2.39. The number of nitrogens with one attached hydrogen (secondary N) is 1. The van der Waals surface area contributed by atoms with Gasteiger partial charge < -0.3 is 19.5 Å². The Morgan fingerprint density at radius 3 is 3.07 bits per heavy atom. The van der Waals surface area contributed by atoms with E-state index in [9.17, 15) is 9.18 Å². The molecule has 1 aliphatic rings. The van der Waals surface area contributed by atoms with E-state index in [2.05, 4.69) is 14.9 Å². The number of fused-ring (bicyclic) bond motifs is 1. The van der Waals surface area contributed by atoms with Gasteiger partial charge in [0.05, 0.1) is 6.61 Å². The zero-order valence-corrected chi connectivity index (χ0v) is 15.6. The summed E-state index contributed by atoms with van der Waals surface area (Å²) in [5.41, 5.74) is 2.12. The maximum absolute atomic E-state index is 13.3. The van der Waals surface area contributed by atoms with Gasteiger partial charge in [0.25, 0.3) is 0 Å². The maximum atomic E-state index is 13.3. The fraction of sp³-hybridized carbons (Fsp3) is 0.350. The summed E-state index contributed by atoms with van der Waals surface area (Å²) in [4.78, 5) is 23.5. The first-order chi connectivity index (χ1) is 13.7. The first-order valence-corrected chi connectivity index (χ1v) is 9.27. The fourth-order valence-corrected chi connectivity index (χ4v) is 3.61. The minimum absolute atomic E-state index is 0.115. The van der Waals surface area contributed by atoms with Crippen LogP contribution in [0.25, 0.3) is 11.2 Å². The lowest BCUT2D eigenvalue weighted by molar-refractivity contribution is 0.186. The number of urea groups is 1. The van der Waals surface area contributed by atoms with Crippen LogP contribution >= 0.6 is 0 Å². The normalized spacial score (nSPS) is 16.6. The molecule has 1 aromatic carbocycles. The second-order valence-electron chi connectivity index (χ2n) is 6.83. The number of carbonyl (C=O) groups is 1. The monoisotopic (exact) mass is 383 g/mol. The third-order valence-corrected chi connectivity index (χ3v) is 4.97. The van der Waals surface area contributed by atoms with Gasteiger partial charge in [-0.25, -0.2) is 19.2 Å². The predicted octanol–water partition coefficient (Wildman–Crippen LogP) is 3.24. The summed E-state index contributed by atoms with van der Waals surface area (Å²) in [6.07, 6.45) is 2.57. The van der Waals surface area contributed by atoms with E-state index < -0.39 is 0 Å². The lowest BCUT2D eigenvalue weighted by Gasteiger charge is -2.18. The van der Waals surface area contributed by atoms with Gasteiger partial charge in [-0.3, -0.25) is 0 Å². The number of halogens is 1. The molecule has 1 aliphatic heterocycles. The molecule has 3 aromatic rings. The van der Waals surface area contributed by atoms with E-state index in [1.54, 1.807) is 30.3 Å². The van der Waals surface area contributed by atoms with Crippen molar-refractivity contribution in [2.45, 2.75) is 18.9 Å². The summed E-state index contributed by atoms with van der Waals surface area (Å²) in [6, 6.07) is 9.48. The first-order valence-electron chi connectivity index (χ1n) is 9.27. The van der Waals surface area contributed by atoms with Crippen molar-refractivity contribution in [2.75, 3.05) is 32.1 Å². The van der Waals surface area contributed by atoms with Crippen LogP contribution in [0.2, 0.25) is 0 Å². The lowest BCUT2D eigenvalue weighted by atomic mass is 10.1. The highest BCUT2D eigenvalue weighted by molar-refractivity contribution is 5.89. The van der Waals surface area contributed by atoms with Gasteiger partial charge in [0.15, 0.2) is 5.65 Å². The molecule has 3 heterocycles. The van der Waals surface area contributed by atoms with Crippen molar-refractivity contribution >= 4 is 22.9 Å². The number of amides is 2. The molecule has 2 amide bonds. The van der Waals surface area contributed by atoms with Crippen LogP contribution in [0.3, 0.4) is 0 Å². The molecule has 2 aromatic heterocycles. The Hall–Kier alpha value is -3.00. The molecule has 0 bridgehead atoms. The third kappa shape index (κ3) is 3.68. The number of nitrogens with zero attached hydrogens (tertiary/aromatic N) is 4. The van der Waals surface area contributed by atoms with Gasteiger partial charge in [-0.2, -0.15) is 0 Å². The Morgan fingerprint density at radius 2 is 2.25 bits per heavy atom. The maximum Gasteiger partial charge on any atom is 0.321 e. The van der Waals surface area contributed by atoms with Crippen LogP contribution in [0.5, 0.6) is 0 Å². The van der Waals surface area contributed by atoms with Gasteiger partial charge in [0, 0.05) is 44.5 Å². The number of pyridine rings is 1. The van der Waals surface area contributed by atoms with E-state index in [1.165, 1.54) is 12.1 Å². The number of rotatable bonds is 5. The number of methoxy groups -OCH3 is 1. The smallest absolute Gasteiger partial charge is 0.321 e. The molecule has 0 radical (unpaired) electrons. The number of aromatic nitrogens is 3. The van der Waals surface area contributed by atoms with Gasteiger partial charge in [-0.05, 0) is 36.8 Å². The molecular formula is C20H22FN5O2. The number of hydrogen-bond donors (Lipinski definition) is 1. The van der Waals surface area contributed by atoms with Crippen LogP contribution in [0.15, 0.2) is 42.6 Å². The van der Waals surface area contributed by atoms with Gasteiger partial charge in [-0.15, -0.1) is 0 Å². The topological polar surface area (TPSA) is 72.3 Å². The van der Waals surface area contributed by atoms with E-state index in [4.69, 9.17) is 9.72 Å². The molecule has 0 unspecified atom stereocenters. The summed E-state index contributed by atoms with van der Waals surface area (Å²) in [5, 5.41) is 2.76. The summed E-state index contributed by atoms with van der Waals surface area (Å²) in [7, 11) is 1.67. The molecule has 28 heavy (non-hydrogen) atoms. The van der Waals surface area contributed by atoms with E-state index in [0.717, 1.165) is 23.4 Å². The Balaban J connectivity index is 1.51. The van der Waals surface area contributed by atoms with Crippen molar-refractivity contribution < 1.29 is 13.9 Å². The molecule has 8 heteroatoms. The second-order valence-corrected chi connectivity index (χ2v) is 6.83. The highest BCUT2D eigenvalue weighted by Crippen LogP contribution is 2.29. The molecule has 4 rings (SSSR count). The Kier molecular flexibility index (Phi) is 5.21. The van der Waals surface area contributed by atoms with E-state index in [0.29, 0.717) is 31.9 Å². The van der Waals surface area contributed by atoms with Crippen LogP contribution in [-0.4, -0.2) is 52.3 Å². The number of benzene rings is 1. The molecule has 1 saturated heterocycles. The zero-order chi connectivity index (χ0) is 19.5. The van der Waals surface area contributed by atoms with Crippen LogP contribution in [0, 0.1) is 5.82 Å². The van der Waals surface area contributed by atoms with Gasteiger partial charge in [-0.1, -0.05) is 6.07 Å².